The monoisotopic (exact) mass is 318 g/mol. The van der Waals surface area contributed by atoms with Crippen LogP contribution in [0.3, 0.4) is 0 Å². The maximum Gasteiger partial charge on any atom is 0.223 e. The molecule has 1 N–H and O–H groups in total. The molecular formula is C18H26N2O3. The Kier molecular flexibility index (Phi) is 5.49. The molecule has 1 saturated heterocycles. The molecule has 23 heavy (non-hydrogen) atoms. The predicted octanol–water partition coefficient (Wildman–Crippen LogP) is 2.62. The molecule has 1 aromatic rings. The van der Waals surface area contributed by atoms with Crippen LogP contribution in [0.25, 0.3) is 0 Å². The van der Waals surface area contributed by atoms with Crippen LogP contribution in [0.2, 0.25) is 0 Å². The van der Waals surface area contributed by atoms with E-state index in [0.717, 1.165) is 50.0 Å². The number of carbonyl (C=O) groups excluding carboxylic acids is 1. The number of carbonyl (C=O) groups is 1. The zero-order valence-electron chi connectivity index (χ0n) is 13.8. The van der Waals surface area contributed by atoms with Crippen LogP contribution >= 0.6 is 0 Å². The molecule has 126 valence electrons. The Morgan fingerprint density at radius 1 is 1.22 bits per heavy atom. The lowest BCUT2D eigenvalue weighted by atomic mass is 9.91. The summed E-state index contributed by atoms with van der Waals surface area (Å²) >= 11 is 0. The Hall–Kier alpha value is -1.62. The van der Waals surface area contributed by atoms with Gasteiger partial charge in [0.25, 0.3) is 0 Å². The lowest BCUT2D eigenvalue weighted by Crippen LogP contribution is -2.43. The van der Waals surface area contributed by atoms with E-state index in [1.165, 1.54) is 0 Å². The highest BCUT2D eigenvalue weighted by atomic mass is 16.5. The minimum Gasteiger partial charge on any atom is -0.489 e. The van der Waals surface area contributed by atoms with Crippen LogP contribution in [0.15, 0.2) is 18.3 Å². The molecule has 0 bridgehead atoms. The first-order chi connectivity index (χ1) is 11.2. The number of nitrogens with one attached hydrogen (secondary N) is 1. The molecule has 0 unspecified atom stereocenters. The average molecular weight is 318 g/mol. The van der Waals surface area contributed by atoms with E-state index in [1.54, 1.807) is 6.20 Å². The second kappa shape index (κ2) is 7.77. The normalized spacial score (nSPS) is 25.8. The Morgan fingerprint density at radius 3 is 2.65 bits per heavy atom. The summed E-state index contributed by atoms with van der Waals surface area (Å²) in [4.78, 5) is 16.5. The van der Waals surface area contributed by atoms with E-state index in [-0.39, 0.29) is 17.9 Å². The van der Waals surface area contributed by atoms with Crippen molar-refractivity contribution in [2.45, 2.75) is 57.6 Å². The Labute approximate surface area is 137 Å². The molecule has 1 saturated carbocycles. The summed E-state index contributed by atoms with van der Waals surface area (Å²) in [6.45, 7) is 3.39. The minimum absolute atomic E-state index is 0.135. The average Bonchev–Trinajstić information content (AvgIpc) is 2.59. The third kappa shape index (κ3) is 4.44. The Bertz CT molecular complexity index is 521. The summed E-state index contributed by atoms with van der Waals surface area (Å²) in [5.74, 6) is 1.22. The van der Waals surface area contributed by atoms with E-state index < -0.39 is 0 Å². The molecule has 3 rings (SSSR count). The fourth-order valence-electron chi connectivity index (χ4n) is 3.38. The third-order valence-corrected chi connectivity index (χ3v) is 4.86. The van der Waals surface area contributed by atoms with Crippen molar-refractivity contribution in [1.29, 1.82) is 0 Å². The molecule has 2 heterocycles. The maximum atomic E-state index is 12.3. The summed E-state index contributed by atoms with van der Waals surface area (Å²) in [6, 6.07) is 4.17. The van der Waals surface area contributed by atoms with Gasteiger partial charge < -0.3 is 14.8 Å². The first kappa shape index (κ1) is 16.2. The minimum atomic E-state index is 0.135. The van der Waals surface area contributed by atoms with Crippen molar-refractivity contribution in [3.8, 4) is 5.75 Å². The fourth-order valence-corrected chi connectivity index (χ4v) is 3.38. The number of rotatable bonds is 4. The second-order valence-electron chi connectivity index (χ2n) is 6.57. The summed E-state index contributed by atoms with van der Waals surface area (Å²) < 4.78 is 11.4. The van der Waals surface area contributed by atoms with Crippen molar-refractivity contribution in [2.75, 3.05) is 13.2 Å². The lowest BCUT2D eigenvalue weighted by molar-refractivity contribution is -0.128. The molecule has 0 radical (unpaired) electrons. The van der Waals surface area contributed by atoms with Gasteiger partial charge in [-0.1, -0.05) is 0 Å². The first-order valence-electron chi connectivity index (χ1n) is 8.69. The Balaban J connectivity index is 1.43. The summed E-state index contributed by atoms with van der Waals surface area (Å²) in [5.41, 5.74) is 0.933. The molecule has 1 aromatic heterocycles. The smallest absolute Gasteiger partial charge is 0.223 e. The number of aryl methyl sites for hydroxylation is 1. The highest BCUT2D eigenvalue weighted by Crippen LogP contribution is 2.25. The van der Waals surface area contributed by atoms with Gasteiger partial charge in [-0.15, -0.1) is 0 Å². The summed E-state index contributed by atoms with van der Waals surface area (Å²) in [6.07, 6.45) is 7.65. The van der Waals surface area contributed by atoms with Crippen LogP contribution in [-0.4, -0.2) is 36.3 Å². The molecule has 1 aliphatic heterocycles. The molecule has 2 fully saturated rings. The van der Waals surface area contributed by atoms with Crippen molar-refractivity contribution in [3.63, 3.8) is 0 Å². The van der Waals surface area contributed by atoms with Gasteiger partial charge in [-0.25, -0.2) is 0 Å². The van der Waals surface area contributed by atoms with Crippen molar-refractivity contribution in [2.24, 2.45) is 5.92 Å². The summed E-state index contributed by atoms with van der Waals surface area (Å²) in [5, 5.41) is 3.22. The molecule has 2 aliphatic rings. The van der Waals surface area contributed by atoms with Crippen molar-refractivity contribution >= 4 is 5.91 Å². The molecule has 1 amide bonds. The van der Waals surface area contributed by atoms with Crippen LogP contribution in [0.1, 0.15) is 44.2 Å². The van der Waals surface area contributed by atoms with Gasteiger partial charge in [-0.05, 0) is 57.6 Å². The van der Waals surface area contributed by atoms with Gasteiger partial charge in [-0.2, -0.15) is 0 Å². The number of pyridine rings is 1. The van der Waals surface area contributed by atoms with Gasteiger partial charge in [0, 0.05) is 31.4 Å². The van der Waals surface area contributed by atoms with Gasteiger partial charge in [-0.3, -0.25) is 9.78 Å². The molecule has 0 spiro atoms. The van der Waals surface area contributed by atoms with Crippen LogP contribution in [0.5, 0.6) is 5.75 Å². The summed E-state index contributed by atoms with van der Waals surface area (Å²) in [7, 11) is 0. The van der Waals surface area contributed by atoms with E-state index in [0.29, 0.717) is 19.3 Å². The van der Waals surface area contributed by atoms with Crippen LogP contribution in [-0.2, 0) is 9.53 Å². The van der Waals surface area contributed by atoms with Crippen LogP contribution < -0.4 is 10.1 Å². The molecule has 5 heteroatoms. The number of aromatic nitrogens is 1. The third-order valence-electron chi connectivity index (χ3n) is 4.86. The largest absolute Gasteiger partial charge is 0.489 e. The molecule has 0 aromatic carbocycles. The topological polar surface area (TPSA) is 60.5 Å². The van der Waals surface area contributed by atoms with E-state index in [2.05, 4.69) is 10.3 Å². The molecular weight excluding hydrogens is 292 g/mol. The zero-order valence-corrected chi connectivity index (χ0v) is 13.8. The highest BCUT2D eigenvalue weighted by molar-refractivity contribution is 5.79. The number of amides is 1. The quantitative estimate of drug-likeness (QED) is 0.927. The maximum absolute atomic E-state index is 12.3. The molecule has 5 nitrogen and oxygen atoms in total. The Morgan fingerprint density at radius 2 is 1.96 bits per heavy atom. The molecule has 1 aliphatic carbocycles. The second-order valence-corrected chi connectivity index (χ2v) is 6.57. The number of nitrogens with zero attached hydrogens (tertiary/aromatic N) is 1. The number of ether oxygens (including phenoxy) is 2. The predicted molar refractivity (Wildman–Crippen MR) is 87.3 cm³/mol. The van der Waals surface area contributed by atoms with E-state index in [1.807, 2.05) is 19.1 Å². The highest BCUT2D eigenvalue weighted by Gasteiger charge is 2.27. The van der Waals surface area contributed by atoms with Gasteiger partial charge >= 0.3 is 0 Å². The van der Waals surface area contributed by atoms with Gasteiger partial charge in [0.1, 0.15) is 5.75 Å². The van der Waals surface area contributed by atoms with Crippen molar-refractivity contribution < 1.29 is 14.3 Å². The van der Waals surface area contributed by atoms with Crippen molar-refractivity contribution in [3.05, 3.63) is 24.0 Å². The first-order valence-corrected chi connectivity index (χ1v) is 8.69. The fraction of sp³-hybridized carbons (Fsp3) is 0.667. The number of hydrogen-bond acceptors (Lipinski definition) is 4. The van der Waals surface area contributed by atoms with Crippen LogP contribution in [0.4, 0.5) is 0 Å². The standard InChI is InChI=1S/C18H26N2O3/c1-13-17(3-2-10-19-13)23-16-6-4-15(5-7-16)20-18(21)14-8-11-22-12-9-14/h2-3,10,14-16H,4-9,11-12H2,1H3,(H,20,21). The lowest BCUT2D eigenvalue weighted by Gasteiger charge is -2.31. The number of hydrogen-bond donors (Lipinski definition) is 1. The van der Waals surface area contributed by atoms with E-state index in [4.69, 9.17) is 9.47 Å². The van der Waals surface area contributed by atoms with Crippen molar-refractivity contribution in [1.82, 2.24) is 10.3 Å². The SMILES string of the molecule is Cc1ncccc1OC1CCC(NC(=O)C2CCOCC2)CC1. The van der Waals surface area contributed by atoms with Crippen LogP contribution in [0, 0.1) is 12.8 Å². The van der Waals surface area contributed by atoms with Gasteiger partial charge in [0.2, 0.25) is 5.91 Å². The van der Waals surface area contributed by atoms with E-state index >= 15 is 0 Å². The van der Waals surface area contributed by atoms with Gasteiger partial charge in [0.05, 0.1) is 11.8 Å². The van der Waals surface area contributed by atoms with Gasteiger partial charge in [0.15, 0.2) is 0 Å². The zero-order chi connectivity index (χ0) is 16.1. The molecule has 0 atom stereocenters. The van der Waals surface area contributed by atoms with E-state index in [9.17, 15) is 4.79 Å².